The number of nitrogens with one attached hydrogen (secondary N) is 1. The predicted molar refractivity (Wildman–Crippen MR) is 116 cm³/mol. The quantitative estimate of drug-likeness (QED) is 0.529. The molecular weight excluding hydrogens is 428 g/mol. The van der Waals surface area contributed by atoms with Gasteiger partial charge in [-0.1, -0.05) is 23.2 Å². The zero-order valence-corrected chi connectivity index (χ0v) is 17.5. The van der Waals surface area contributed by atoms with E-state index in [0.29, 0.717) is 16.8 Å². The van der Waals surface area contributed by atoms with Gasteiger partial charge in [0.2, 0.25) is 0 Å². The third-order valence-corrected chi connectivity index (χ3v) is 5.51. The second kappa shape index (κ2) is 8.79. The molecule has 9 heteroatoms. The van der Waals surface area contributed by atoms with E-state index in [-0.39, 0.29) is 34.5 Å². The van der Waals surface area contributed by atoms with E-state index in [1.54, 1.807) is 36.1 Å². The summed E-state index contributed by atoms with van der Waals surface area (Å²) < 4.78 is 53.0. The van der Waals surface area contributed by atoms with E-state index in [0.717, 1.165) is 0 Å². The molecule has 3 heterocycles. The van der Waals surface area contributed by atoms with E-state index in [1.807, 2.05) is 0 Å². The first-order valence-corrected chi connectivity index (χ1v) is 10.0. The molecule has 6 nitrogen and oxygen atoms in total. The number of hydrogen-bond donors (Lipinski definition) is 2. The number of nitrogen functional groups attached to an aromatic ring is 1. The van der Waals surface area contributed by atoms with Crippen LogP contribution in [0.5, 0.6) is 5.75 Å². The number of hydrogen-bond acceptors (Lipinski definition) is 5. The highest BCUT2D eigenvalue weighted by atomic mass is 35.5. The number of benzene rings is 1. The maximum Gasteiger partial charge on any atom is 0.166 e. The van der Waals surface area contributed by atoms with Crippen molar-refractivity contribution >= 4 is 29.0 Å². The minimum Gasteiger partial charge on any atom is -0.482 e. The van der Waals surface area contributed by atoms with E-state index in [1.165, 1.54) is 12.1 Å². The van der Waals surface area contributed by atoms with Crippen LogP contribution in [0.3, 0.4) is 0 Å². The Balaban J connectivity index is 1.53. The lowest BCUT2D eigenvalue weighted by atomic mass is 10.1. The summed E-state index contributed by atoms with van der Waals surface area (Å²) in [5.74, 6) is -0.250. The Bertz CT molecular complexity index is 1210. The van der Waals surface area contributed by atoms with Crippen molar-refractivity contribution in [1.82, 2.24) is 20.1 Å². The summed E-state index contributed by atoms with van der Waals surface area (Å²) in [7, 11) is 0. The molecule has 1 aliphatic rings. The summed E-state index contributed by atoms with van der Waals surface area (Å²) in [5, 5.41) is 6.80. The Morgan fingerprint density at radius 1 is 1.30 bits per heavy atom. The van der Waals surface area contributed by atoms with Crippen LogP contribution < -0.4 is 15.8 Å². The van der Waals surface area contributed by atoms with Gasteiger partial charge in [0, 0.05) is 27.8 Å². The fourth-order valence-electron chi connectivity index (χ4n) is 3.22. The van der Waals surface area contributed by atoms with Crippen LogP contribution in [0, 0.1) is 5.82 Å². The molecule has 1 aromatic carbocycles. The van der Waals surface area contributed by atoms with Crippen LogP contribution in [-0.2, 0) is 0 Å². The number of pyridine rings is 1. The van der Waals surface area contributed by atoms with Crippen LogP contribution in [0.2, 0.25) is 10.0 Å². The summed E-state index contributed by atoms with van der Waals surface area (Å²) in [6.45, 7) is -2.05. The minimum atomic E-state index is -1.86. The molecular formula is C21H22Cl2FN5O. The molecule has 1 aliphatic heterocycles. The van der Waals surface area contributed by atoms with Crippen LogP contribution in [0.1, 0.15) is 43.0 Å². The van der Waals surface area contributed by atoms with Gasteiger partial charge in [0.25, 0.3) is 0 Å². The topological polar surface area (TPSA) is 78.0 Å². The zero-order valence-electron chi connectivity index (χ0n) is 20.0. The first-order chi connectivity index (χ1) is 15.8. The molecule has 30 heavy (non-hydrogen) atoms. The van der Waals surface area contributed by atoms with Gasteiger partial charge in [-0.2, -0.15) is 5.10 Å². The Morgan fingerprint density at radius 2 is 2.07 bits per heavy atom. The van der Waals surface area contributed by atoms with Crippen LogP contribution in [0.15, 0.2) is 36.7 Å². The standard InChI is InChI=1S/C21H22Cl2FN5O/c1-12(19-15(22)2-3-16(24)20(19)23)30-18-5-4-17(28-21(18)25)13-10-27-29(11-13)14-6-8-26-9-7-14/h2-5,10-12,14,26H,6-9H2,1H3,(H2,25,28)/t12-/m1/s1/i8D2,9D2. The number of aromatic nitrogens is 3. The van der Waals surface area contributed by atoms with Crippen molar-refractivity contribution in [2.24, 2.45) is 0 Å². The lowest BCUT2D eigenvalue weighted by molar-refractivity contribution is 0.227. The fraction of sp³-hybridized carbons (Fsp3) is 0.333. The average molecular weight is 454 g/mol. The molecule has 3 N–H and O–H groups in total. The first-order valence-electron chi connectivity index (χ1n) is 11.3. The van der Waals surface area contributed by atoms with Gasteiger partial charge in [-0.15, -0.1) is 0 Å². The molecule has 0 spiro atoms. The zero-order chi connectivity index (χ0) is 24.8. The Labute approximate surface area is 189 Å². The van der Waals surface area contributed by atoms with Crippen molar-refractivity contribution in [2.75, 3.05) is 18.7 Å². The van der Waals surface area contributed by atoms with Gasteiger partial charge in [-0.05, 0) is 57.0 Å². The monoisotopic (exact) mass is 453 g/mol. The van der Waals surface area contributed by atoms with Crippen molar-refractivity contribution < 1.29 is 14.6 Å². The van der Waals surface area contributed by atoms with Crippen molar-refractivity contribution in [2.45, 2.75) is 31.9 Å². The maximum atomic E-state index is 13.9. The summed E-state index contributed by atoms with van der Waals surface area (Å²) in [5.41, 5.74) is 7.53. The van der Waals surface area contributed by atoms with Crippen molar-refractivity contribution in [1.29, 1.82) is 0 Å². The van der Waals surface area contributed by atoms with Gasteiger partial charge in [-0.3, -0.25) is 4.68 Å². The molecule has 0 radical (unpaired) electrons. The number of nitrogens with zero attached hydrogens (tertiary/aromatic N) is 3. The number of ether oxygens (including phenoxy) is 1. The predicted octanol–water partition coefficient (Wildman–Crippen LogP) is 5.04. The van der Waals surface area contributed by atoms with Crippen molar-refractivity contribution in [3.05, 3.63) is 58.1 Å². The molecule has 158 valence electrons. The number of anilines is 1. The lowest BCUT2D eigenvalue weighted by Gasteiger charge is -2.22. The van der Waals surface area contributed by atoms with Crippen LogP contribution in [0.25, 0.3) is 11.3 Å². The molecule has 0 aliphatic carbocycles. The largest absolute Gasteiger partial charge is 0.482 e. The van der Waals surface area contributed by atoms with E-state index >= 15 is 0 Å². The maximum absolute atomic E-state index is 13.9. The minimum absolute atomic E-state index is 0.0685. The summed E-state index contributed by atoms with van der Waals surface area (Å²) in [4.78, 5) is 4.37. The molecule has 0 saturated carbocycles. The van der Waals surface area contributed by atoms with E-state index in [4.69, 9.17) is 39.2 Å². The van der Waals surface area contributed by atoms with E-state index < -0.39 is 31.0 Å². The normalized spacial score (nSPS) is 21.2. The molecule has 4 rings (SSSR count). The molecule has 1 fully saturated rings. The second-order valence-electron chi connectivity index (χ2n) is 6.85. The van der Waals surface area contributed by atoms with E-state index in [2.05, 4.69) is 15.4 Å². The number of halogens is 3. The first kappa shape index (κ1) is 16.4. The third kappa shape index (κ3) is 4.24. The highest BCUT2D eigenvalue weighted by Crippen LogP contribution is 2.36. The Hall–Kier alpha value is -2.35. The fourth-order valence-corrected chi connectivity index (χ4v) is 3.89. The number of piperidine rings is 1. The van der Waals surface area contributed by atoms with Gasteiger partial charge in [0.1, 0.15) is 11.9 Å². The summed E-state index contributed by atoms with van der Waals surface area (Å²) in [6, 6.07) is 5.41. The van der Waals surface area contributed by atoms with E-state index in [9.17, 15) is 4.39 Å². The molecule has 1 atom stereocenters. The summed E-state index contributed by atoms with van der Waals surface area (Å²) in [6.07, 6.45) is 2.68. The summed E-state index contributed by atoms with van der Waals surface area (Å²) >= 11 is 12.2. The molecule has 2 aromatic heterocycles. The second-order valence-corrected chi connectivity index (χ2v) is 7.63. The van der Waals surface area contributed by atoms with Gasteiger partial charge in [0.05, 0.1) is 23.0 Å². The molecule has 1 saturated heterocycles. The average Bonchev–Trinajstić information content (AvgIpc) is 3.21. The Morgan fingerprint density at radius 3 is 2.80 bits per heavy atom. The van der Waals surface area contributed by atoms with Crippen molar-refractivity contribution in [3.63, 3.8) is 0 Å². The number of rotatable bonds is 5. The highest BCUT2D eigenvalue weighted by molar-refractivity contribution is 6.36. The van der Waals surface area contributed by atoms with Crippen molar-refractivity contribution in [3.8, 4) is 17.0 Å². The van der Waals surface area contributed by atoms with Gasteiger partial charge < -0.3 is 15.8 Å². The smallest absolute Gasteiger partial charge is 0.166 e. The third-order valence-electron chi connectivity index (χ3n) is 4.80. The lowest BCUT2D eigenvalue weighted by Crippen LogP contribution is -2.29. The Kier molecular flexibility index (Phi) is 4.80. The highest BCUT2D eigenvalue weighted by Gasteiger charge is 2.20. The molecule has 0 unspecified atom stereocenters. The van der Waals surface area contributed by atoms with Gasteiger partial charge in [0.15, 0.2) is 11.6 Å². The number of nitrogens with two attached hydrogens (primary N) is 1. The molecule has 0 bridgehead atoms. The molecule has 3 aromatic rings. The van der Waals surface area contributed by atoms with Gasteiger partial charge >= 0.3 is 0 Å². The molecule has 0 amide bonds. The van der Waals surface area contributed by atoms with Crippen LogP contribution in [0.4, 0.5) is 10.2 Å². The van der Waals surface area contributed by atoms with Gasteiger partial charge in [-0.25, -0.2) is 9.37 Å². The SMILES string of the molecule is [2H]C1([2H])CC(n2cc(-c3ccc(O[C@H](C)c4c(Cl)ccc(F)c4Cl)c(N)n3)cn2)CC([2H])([2H])N1. The van der Waals surface area contributed by atoms with Crippen LogP contribution >= 0.6 is 23.2 Å². The van der Waals surface area contributed by atoms with Crippen LogP contribution in [-0.4, -0.2) is 27.8 Å².